The van der Waals surface area contributed by atoms with E-state index in [0.29, 0.717) is 29.4 Å². The van der Waals surface area contributed by atoms with Crippen molar-refractivity contribution in [3.8, 4) is 0 Å². The van der Waals surface area contributed by atoms with E-state index in [1.165, 1.54) is 12.5 Å². The molecule has 1 saturated carbocycles. The SMILES string of the molecule is NS(=O)(=O)OC[C@@H]1CC[C@H](Nc2ncncc2C(=O)c2ccn(Cc3cccc(Cl)c3)n2)C1. The number of carbonyl (C=O) groups is 1. The Hall–Kier alpha value is -2.86. The number of ketones is 1. The molecule has 2 atom stereocenters. The lowest BCUT2D eigenvalue weighted by molar-refractivity contribution is 0.103. The van der Waals surface area contributed by atoms with Crippen LogP contribution in [0.1, 0.15) is 40.9 Å². The van der Waals surface area contributed by atoms with Gasteiger partial charge >= 0.3 is 10.3 Å². The minimum Gasteiger partial charge on any atom is -0.367 e. The molecule has 1 aromatic carbocycles. The lowest BCUT2D eigenvalue weighted by atomic mass is 10.1. The van der Waals surface area contributed by atoms with Gasteiger partial charge in [0.25, 0.3) is 0 Å². The Kier molecular flexibility index (Phi) is 7.03. The molecular weight excluding hydrogens is 468 g/mol. The third-order valence-corrected chi connectivity index (χ3v) is 6.11. The van der Waals surface area contributed by atoms with Crippen molar-refractivity contribution in [2.75, 3.05) is 11.9 Å². The standard InChI is InChI=1S/C21H23ClN6O4S/c22-16-3-1-2-14(8-16)11-28-7-6-19(27-28)20(29)18-10-24-13-25-21(18)26-17-5-4-15(9-17)12-32-33(23,30)31/h1-3,6-8,10,13,15,17H,4-5,9,11-12H2,(H2,23,30,31)(H,24,25,26)/t15-,17+/m1/s1. The van der Waals surface area contributed by atoms with Crippen molar-refractivity contribution in [3.05, 3.63) is 70.9 Å². The van der Waals surface area contributed by atoms with Crippen LogP contribution in [0.15, 0.2) is 49.1 Å². The van der Waals surface area contributed by atoms with Crippen LogP contribution in [0.5, 0.6) is 0 Å². The van der Waals surface area contributed by atoms with E-state index in [1.807, 2.05) is 18.2 Å². The van der Waals surface area contributed by atoms with Gasteiger partial charge in [0.1, 0.15) is 17.8 Å². The topological polar surface area (TPSA) is 142 Å². The summed E-state index contributed by atoms with van der Waals surface area (Å²) in [5.41, 5.74) is 1.56. The molecule has 2 aromatic heterocycles. The molecule has 10 nitrogen and oxygen atoms in total. The quantitative estimate of drug-likeness (QED) is 0.435. The van der Waals surface area contributed by atoms with E-state index in [-0.39, 0.29) is 30.0 Å². The number of hydrogen-bond donors (Lipinski definition) is 2. The zero-order chi connectivity index (χ0) is 23.4. The first-order valence-corrected chi connectivity index (χ1v) is 12.2. The van der Waals surface area contributed by atoms with Gasteiger partial charge in [0.15, 0.2) is 0 Å². The number of nitrogens with one attached hydrogen (secondary N) is 1. The van der Waals surface area contributed by atoms with Crippen LogP contribution in [0.3, 0.4) is 0 Å². The van der Waals surface area contributed by atoms with Crippen molar-refractivity contribution in [2.45, 2.75) is 31.8 Å². The first kappa shape index (κ1) is 23.3. The molecule has 4 rings (SSSR count). The lowest BCUT2D eigenvalue weighted by Gasteiger charge is -2.15. The van der Waals surface area contributed by atoms with Gasteiger partial charge in [-0.3, -0.25) is 13.7 Å². The summed E-state index contributed by atoms with van der Waals surface area (Å²) in [5, 5.41) is 13.2. The molecule has 33 heavy (non-hydrogen) atoms. The highest BCUT2D eigenvalue weighted by atomic mass is 35.5. The highest BCUT2D eigenvalue weighted by Crippen LogP contribution is 2.29. The molecule has 0 saturated heterocycles. The van der Waals surface area contributed by atoms with Gasteiger partial charge in [-0.2, -0.15) is 13.5 Å². The van der Waals surface area contributed by atoms with Crippen molar-refractivity contribution >= 4 is 33.5 Å². The number of anilines is 1. The Morgan fingerprint density at radius 1 is 1.30 bits per heavy atom. The minimum absolute atomic E-state index is 0.0147. The van der Waals surface area contributed by atoms with E-state index < -0.39 is 10.3 Å². The van der Waals surface area contributed by atoms with Gasteiger partial charge in [0.2, 0.25) is 5.78 Å². The molecule has 174 valence electrons. The summed E-state index contributed by atoms with van der Waals surface area (Å²) in [7, 11) is -3.96. The number of hydrogen-bond acceptors (Lipinski definition) is 8. The fourth-order valence-corrected chi connectivity index (χ4v) is 4.48. The molecule has 1 fully saturated rings. The molecule has 0 aliphatic heterocycles. The molecule has 0 spiro atoms. The van der Waals surface area contributed by atoms with Gasteiger partial charge in [-0.05, 0) is 48.9 Å². The Morgan fingerprint density at radius 3 is 2.94 bits per heavy atom. The second-order valence-corrected chi connectivity index (χ2v) is 9.60. The Labute approximate surface area is 196 Å². The summed E-state index contributed by atoms with van der Waals surface area (Å²) in [5.74, 6) is 0.163. The van der Waals surface area contributed by atoms with Crippen molar-refractivity contribution in [1.82, 2.24) is 19.7 Å². The molecule has 0 radical (unpaired) electrons. The minimum atomic E-state index is -3.96. The van der Waals surface area contributed by atoms with Crippen LogP contribution in [0.2, 0.25) is 5.02 Å². The monoisotopic (exact) mass is 490 g/mol. The van der Waals surface area contributed by atoms with Crippen LogP contribution in [-0.2, 0) is 21.0 Å². The first-order valence-electron chi connectivity index (χ1n) is 10.3. The maximum atomic E-state index is 13.1. The molecule has 0 amide bonds. The van der Waals surface area contributed by atoms with E-state index in [2.05, 4.69) is 20.4 Å². The maximum absolute atomic E-state index is 13.1. The zero-order valence-corrected chi connectivity index (χ0v) is 19.2. The van der Waals surface area contributed by atoms with E-state index in [1.54, 1.807) is 23.0 Å². The van der Waals surface area contributed by atoms with Crippen LogP contribution in [0.4, 0.5) is 5.82 Å². The average Bonchev–Trinajstić information content (AvgIpc) is 3.41. The van der Waals surface area contributed by atoms with Crippen molar-refractivity contribution in [3.63, 3.8) is 0 Å². The van der Waals surface area contributed by atoms with Gasteiger partial charge in [-0.25, -0.2) is 15.1 Å². The third-order valence-electron chi connectivity index (χ3n) is 5.41. The average molecular weight is 491 g/mol. The second kappa shape index (κ2) is 9.96. The Bertz CT molecular complexity index is 1250. The number of carbonyl (C=O) groups excluding carboxylic acids is 1. The predicted molar refractivity (Wildman–Crippen MR) is 122 cm³/mol. The van der Waals surface area contributed by atoms with Crippen molar-refractivity contribution < 1.29 is 17.4 Å². The largest absolute Gasteiger partial charge is 0.367 e. The van der Waals surface area contributed by atoms with Crippen molar-refractivity contribution in [1.29, 1.82) is 0 Å². The molecule has 3 aromatic rings. The number of rotatable bonds is 9. The van der Waals surface area contributed by atoms with Gasteiger partial charge in [-0.1, -0.05) is 23.7 Å². The van der Waals surface area contributed by atoms with Gasteiger partial charge in [0.05, 0.1) is 18.7 Å². The third kappa shape index (κ3) is 6.35. The van der Waals surface area contributed by atoms with Crippen LogP contribution < -0.4 is 10.5 Å². The summed E-state index contributed by atoms with van der Waals surface area (Å²) in [4.78, 5) is 21.4. The summed E-state index contributed by atoms with van der Waals surface area (Å²) >= 11 is 6.04. The molecule has 0 unspecified atom stereocenters. The number of nitrogens with two attached hydrogens (primary N) is 1. The summed E-state index contributed by atoms with van der Waals surface area (Å²) < 4.78 is 28.4. The van der Waals surface area contributed by atoms with Gasteiger partial charge in [-0.15, -0.1) is 0 Å². The summed E-state index contributed by atoms with van der Waals surface area (Å²) in [6.45, 7) is 0.519. The second-order valence-electron chi connectivity index (χ2n) is 7.94. The highest BCUT2D eigenvalue weighted by molar-refractivity contribution is 7.84. The summed E-state index contributed by atoms with van der Waals surface area (Å²) in [6.07, 6.45) is 6.79. The first-order chi connectivity index (χ1) is 15.8. The zero-order valence-electron chi connectivity index (χ0n) is 17.6. The molecule has 1 aliphatic rings. The molecule has 0 bridgehead atoms. The Balaban J connectivity index is 1.42. The molecule has 12 heteroatoms. The maximum Gasteiger partial charge on any atom is 0.333 e. The number of aromatic nitrogens is 4. The van der Waals surface area contributed by atoms with Crippen LogP contribution in [-0.4, -0.2) is 46.6 Å². The smallest absolute Gasteiger partial charge is 0.333 e. The highest BCUT2D eigenvalue weighted by Gasteiger charge is 2.28. The molecule has 1 aliphatic carbocycles. The number of benzene rings is 1. The molecular formula is C21H23ClN6O4S. The fraction of sp³-hybridized carbons (Fsp3) is 0.333. The Morgan fingerprint density at radius 2 is 2.15 bits per heavy atom. The summed E-state index contributed by atoms with van der Waals surface area (Å²) in [6, 6.07) is 9.11. The van der Waals surface area contributed by atoms with E-state index in [9.17, 15) is 13.2 Å². The van der Waals surface area contributed by atoms with Gasteiger partial charge < -0.3 is 5.32 Å². The predicted octanol–water partition coefficient (Wildman–Crippen LogP) is 2.41. The van der Waals surface area contributed by atoms with E-state index >= 15 is 0 Å². The van der Waals surface area contributed by atoms with Crippen LogP contribution in [0.25, 0.3) is 0 Å². The normalized spacial score (nSPS) is 18.4. The van der Waals surface area contributed by atoms with Crippen LogP contribution in [0, 0.1) is 5.92 Å². The fourth-order valence-electron chi connectivity index (χ4n) is 3.88. The lowest BCUT2D eigenvalue weighted by Crippen LogP contribution is -2.22. The van der Waals surface area contributed by atoms with Crippen LogP contribution >= 0.6 is 11.6 Å². The number of halogens is 1. The van der Waals surface area contributed by atoms with E-state index in [4.69, 9.17) is 20.9 Å². The molecule has 3 N–H and O–H groups in total. The van der Waals surface area contributed by atoms with Crippen molar-refractivity contribution in [2.24, 2.45) is 11.1 Å². The van der Waals surface area contributed by atoms with E-state index in [0.717, 1.165) is 18.4 Å². The molecule has 2 heterocycles. The number of nitrogens with zero attached hydrogens (tertiary/aromatic N) is 4. The van der Waals surface area contributed by atoms with Gasteiger partial charge in [0, 0.05) is 23.5 Å².